The van der Waals surface area contributed by atoms with E-state index >= 15 is 0 Å². The third kappa shape index (κ3) is 1.81. The second-order valence-corrected chi connectivity index (χ2v) is 3.70. The molecule has 0 bridgehead atoms. The molecule has 0 unspecified atom stereocenters. The standard InChI is InChI=1S/C11H17N3/c1-3-14(10-4-5-10)11-6-9(12-2)7-13-8-11/h6-8,10,12H,3-5H2,1-2H3. The molecule has 1 saturated carbocycles. The number of pyridine rings is 1. The largest absolute Gasteiger partial charge is 0.387 e. The molecule has 76 valence electrons. The summed E-state index contributed by atoms with van der Waals surface area (Å²) in [6.07, 6.45) is 6.46. The molecule has 0 atom stereocenters. The molecule has 0 aliphatic heterocycles. The summed E-state index contributed by atoms with van der Waals surface area (Å²) in [5, 5.41) is 3.12. The zero-order valence-corrected chi connectivity index (χ0v) is 8.83. The predicted molar refractivity (Wildman–Crippen MR) is 59.8 cm³/mol. The third-order valence-electron chi connectivity index (χ3n) is 2.67. The number of anilines is 2. The van der Waals surface area contributed by atoms with E-state index in [1.807, 2.05) is 19.4 Å². The van der Waals surface area contributed by atoms with Crippen LogP contribution < -0.4 is 10.2 Å². The lowest BCUT2D eigenvalue weighted by Crippen LogP contribution is -2.25. The Morgan fingerprint density at radius 3 is 2.86 bits per heavy atom. The highest BCUT2D eigenvalue weighted by molar-refractivity contribution is 5.56. The molecule has 1 N–H and O–H groups in total. The molecule has 2 rings (SSSR count). The second kappa shape index (κ2) is 3.86. The third-order valence-corrected chi connectivity index (χ3v) is 2.67. The van der Waals surface area contributed by atoms with Crippen LogP contribution in [0.3, 0.4) is 0 Å². The molecule has 1 heterocycles. The van der Waals surface area contributed by atoms with Crippen LogP contribution in [0.15, 0.2) is 18.5 Å². The summed E-state index contributed by atoms with van der Waals surface area (Å²) in [5.41, 5.74) is 2.32. The minimum atomic E-state index is 0.758. The van der Waals surface area contributed by atoms with Gasteiger partial charge in [0.25, 0.3) is 0 Å². The number of nitrogens with one attached hydrogen (secondary N) is 1. The van der Waals surface area contributed by atoms with Gasteiger partial charge in [-0.15, -0.1) is 0 Å². The lowest BCUT2D eigenvalue weighted by Gasteiger charge is -2.22. The molecule has 0 amide bonds. The molecule has 14 heavy (non-hydrogen) atoms. The topological polar surface area (TPSA) is 28.2 Å². The van der Waals surface area contributed by atoms with Gasteiger partial charge in [0.15, 0.2) is 0 Å². The zero-order valence-electron chi connectivity index (χ0n) is 8.83. The highest BCUT2D eigenvalue weighted by Gasteiger charge is 2.28. The van der Waals surface area contributed by atoms with Gasteiger partial charge < -0.3 is 10.2 Å². The van der Waals surface area contributed by atoms with Crippen LogP contribution in [0.5, 0.6) is 0 Å². The van der Waals surface area contributed by atoms with Gasteiger partial charge in [-0.3, -0.25) is 4.98 Å². The summed E-state index contributed by atoms with van der Waals surface area (Å²) in [4.78, 5) is 6.65. The molecule has 0 radical (unpaired) electrons. The molecule has 1 fully saturated rings. The van der Waals surface area contributed by atoms with Crippen molar-refractivity contribution >= 4 is 11.4 Å². The summed E-state index contributed by atoms with van der Waals surface area (Å²) in [7, 11) is 1.92. The van der Waals surface area contributed by atoms with Gasteiger partial charge in [0.05, 0.1) is 23.8 Å². The van der Waals surface area contributed by atoms with E-state index in [0.717, 1.165) is 18.3 Å². The Hall–Kier alpha value is -1.25. The van der Waals surface area contributed by atoms with E-state index in [9.17, 15) is 0 Å². The molecule has 1 aromatic rings. The summed E-state index contributed by atoms with van der Waals surface area (Å²) in [6, 6.07) is 2.92. The Balaban J connectivity index is 2.20. The van der Waals surface area contributed by atoms with Crippen molar-refractivity contribution in [1.82, 2.24) is 4.98 Å². The first-order chi connectivity index (χ1) is 6.85. The van der Waals surface area contributed by atoms with Gasteiger partial charge in [-0.2, -0.15) is 0 Å². The van der Waals surface area contributed by atoms with Crippen molar-refractivity contribution in [1.29, 1.82) is 0 Å². The SMILES string of the molecule is CCN(c1cncc(NC)c1)C1CC1. The van der Waals surface area contributed by atoms with Crippen LogP contribution in [0.2, 0.25) is 0 Å². The van der Waals surface area contributed by atoms with E-state index in [0.29, 0.717) is 0 Å². The van der Waals surface area contributed by atoms with Gasteiger partial charge in [-0.1, -0.05) is 0 Å². The quantitative estimate of drug-likeness (QED) is 0.790. The van der Waals surface area contributed by atoms with Crippen LogP contribution in [-0.4, -0.2) is 24.6 Å². The summed E-state index contributed by atoms with van der Waals surface area (Å²) in [5.74, 6) is 0. The minimum Gasteiger partial charge on any atom is -0.387 e. The van der Waals surface area contributed by atoms with Gasteiger partial charge in [-0.25, -0.2) is 0 Å². The van der Waals surface area contributed by atoms with E-state index in [-0.39, 0.29) is 0 Å². The van der Waals surface area contributed by atoms with Crippen molar-refractivity contribution in [3.05, 3.63) is 18.5 Å². The maximum absolute atomic E-state index is 4.23. The molecule has 1 aromatic heterocycles. The van der Waals surface area contributed by atoms with Crippen LogP contribution in [0.1, 0.15) is 19.8 Å². The van der Waals surface area contributed by atoms with E-state index in [1.165, 1.54) is 18.5 Å². The van der Waals surface area contributed by atoms with Crippen molar-refractivity contribution in [2.24, 2.45) is 0 Å². The van der Waals surface area contributed by atoms with Gasteiger partial charge in [0, 0.05) is 19.6 Å². The van der Waals surface area contributed by atoms with Crippen LogP contribution in [0.4, 0.5) is 11.4 Å². The lowest BCUT2D eigenvalue weighted by atomic mass is 10.3. The Morgan fingerprint density at radius 2 is 2.29 bits per heavy atom. The normalized spacial score (nSPS) is 15.3. The Labute approximate surface area is 85.1 Å². The van der Waals surface area contributed by atoms with Gasteiger partial charge in [0.1, 0.15) is 0 Å². The first kappa shape index (κ1) is 9.31. The van der Waals surface area contributed by atoms with Gasteiger partial charge in [-0.05, 0) is 25.8 Å². The highest BCUT2D eigenvalue weighted by atomic mass is 15.2. The first-order valence-corrected chi connectivity index (χ1v) is 5.24. The van der Waals surface area contributed by atoms with Crippen LogP contribution in [0.25, 0.3) is 0 Å². The number of hydrogen-bond acceptors (Lipinski definition) is 3. The molecular formula is C11H17N3. The van der Waals surface area contributed by atoms with Crippen molar-refractivity contribution in [2.45, 2.75) is 25.8 Å². The first-order valence-electron chi connectivity index (χ1n) is 5.24. The zero-order chi connectivity index (χ0) is 9.97. The summed E-state index contributed by atoms with van der Waals surface area (Å²) in [6.45, 7) is 3.27. The van der Waals surface area contributed by atoms with Crippen LogP contribution in [-0.2, 0) is 0 Å². The average molecular weight is 191 g/mol. The maximum atomic E-state index is 4.23. The van der Waals surface area contributed by atoms with Crippen LogP contribution in [0, 0.1) is 0 Å². The summed E-state index contributed by atoms with van der Waals surface area (Å²) >= 11 is 0. The second-order valence-electron chi connectivity index (χ2n) is 3.70. The summed E-state index contributed by atoms with van der Waals surface area (Å²) < 4.78 is 0. The molecule has 1 aliphatic rings. The molecule has 3 nitrogen and oxygen atoms in total. The molecule has 0 spiro atoms. The molecule has 1 aliphatic carbocycles. The average Bonchev–Trinajstić information content (AvgIpc) is 3.04. The van der Waals surface area contributed by atoms with Crippen molar-refractivity contribution in [3.8, 4) is 0 Å². The Morgan fingerprint density at radius 1 is 1.50 bits per heavy atom. The van der Waals surface area contributed by atoms with Crippen LogP contribution >= 0.6 is 0 Å². The molecule has 0 aromatic carbocycles. The Kier molecular flexibility index (Phi) is 2.57. The molecule has 3 heteroatoms. The van der Waals surface area contributed by atoms with E-state index < -0.39 is 0 Å². The van der Waals surface area contributed by atoms with E-state index in [2.05, 4.69) is 28.2 Å². The highest BCUT2D eigenvalue weighted by Crippen LogP contribution is 2.31. The number of nitrogens with zero attached hydrogens (tertiary/aromatic N) is 2. The fourth-order valence-corrected chi connectivity index (χ4v) is 1.76. The number of aromatic nitrogens is 1. The smallest absolute Gasteiger partial charge is 0.0575 e. The van der Waals surface area contributed by atoms with Crippen molar-refractivity contribution < 1.29 is 0 Å². The predicted octanol–water partition coefficient (Wildman–Crippen LogP) is 2.11. The van der Waals surface area contributed by atoms with Gasteiger partial charge in [0.2, 0.25) is 0 Å². The van der Waals surface area contributed by atoms with Crippen molar-refractivity contribution in [3.63, 3.8) is 0 Å². The van der Waals surface area contributed by atoms with Gasteiger partial charge >= 0.3 is 0 Å². The van der Waals surface area contributed by atoms with E-state index in [1.54, 1.807) is 0 Å². The lowest BCUT2D eigenvalue weighted by molar-refractivity contribution is 0.823. The Bertz CT molecular complexity index is 307. The number of rotatable bonds is 4. The fraction of sp³-hybridized carbons (Fsp3) is 0.545. The molecular weight excluding hydrogens is 174 g/mol. The number of hydrogen-bond donors (Lipinski definition) is 1. The fourth-order valence-electron chi connectivity index (χ4n) is 1.76. The minimum absolute atomic E-state index is 0.758. The maximum Gasteiger partial charge on any atom is 0.0575 e. The monoisotopic (exact) mass is 191 g/mol. The molecule has 0 saturated heterocycles. The van der Waals surface area contributed by atoms with Crippen molar-refractivity contribution in [2.75, 3.05) is 23.8 Å². The van der Waals surface area contributed by atoms with E-state index in [4.69, 9.17) is 0 Å².